The van der Waals surface area contributed by atoms with E-state index in [4.69, 9.17) is 9.84 Å². The number of carbonyl (C=O) groups is 2. The zero-order valence-corrected chi connectivity index (χ0v) is 8.21. The van der Waals surface area contributed by atoms with Crippen molar-refractivity contribution >= 4 is 11.8 Å². The van der Waals surface area contributed by atoms with Crippen LogP contribution in [0.3, 0.4) is 0 Å². The molecule has 1 aromatic rings. The summed E-state index contributed by atoms with van der Waals surface area (Å²) in [4.78, 5) is 26.2. The van der Waals surface area contributed by atoms with Gasteiger partial charge >= 0.3 is 5.97 Å². The number of aliphatic hydroxyl groups excluding tert-OH is 1. The van der Waals surface area contributed by atoms with Crippen LogP contribution in [-0.2, 0) is 9.59 Å². The molecule has 5 heteroatoms. The molecule has 1 aromatic heterocycles. The molecule has 0 aromatic carbocycles. The van der Waals surface area contributed by atoms with E-state index in [2.05, 4.69) is 4.98 Å². The number of hydrogen-bond acceptors (Lipinski definition) is 5. The summed E-state index contributed by atoms with van der Waals surface area (Å²) >= 11 is 0. The van der Waals surface area contributed by atoms with Gasteiger partial charge in [-0.2, -0.15) is 0 Å². The summed E-state index contributed by atoms with van der Waals surface area (Å²) in [5.41, 5.74) is 0. The van der Waals surface area contributed by atoms with Gasteiger partial charge in [-0.25, -0.2) is 4.79 Å². The highest BCUT2D eigenvalue weighted by Gasteiger charge is 2.22. The number of nitrogens with zero attached hydrogens (tertiary/aromatic N) is 1. The zero-order chi connectivity index (χ0) is 11.3. The first-order valence-corrected chi connectivity index (χ1v) is 4.42. The van der Waals surface area contributed by atoms with E-state index < -0.39 is 17.7 Å². The molecule has 0 aliphatic carbocycles. The molecular weight excluding hydrogens is 198 g/mol. The summed E-state index contributed by atoms with van der Waals surface area (Å²) in [6.07, 6.45) is 2.89. The molecule has 1 N–H and O–H groups in total. The molecule has 80 valence electrons. The van der Waals surface area contributed by atoms with Gasteiger partial charge in [0.15, 0.2) is 0 Å². The zero-order valence-electron chi connectivity index (χ0n) is 8.21. The standard InChI is InChI=1S/C10H11NO4/c1-7(6-12)9(13)10(14)15-8-2-4-11-5-3-8/h2-5,7,12H,6H2,1H3. The van der Waals surface area contributed by atoms with E-state index >= 15 is 0 Å². The highest BCUT2D eigenvalue weighted by molar-refractivity contribution is 6.34. The molecule has 1 unspecified atom stereocenters. The van der Waals surface area contributed by atoms with Crippen molar-refractivity contribution in [1.29, 1.82) is 0 Å². The molecule has 0 saturated carbocycles. The van der Waals surface area contributed by atoms with Crippen LogP contribution >= 0.6 is 0 Å². The number of ketones is 1. The van der Waals surface area contributed by atoms with E-state index in [0.717, 1.165) is 0 Å². The Balaban J connectivity index is 2.60. The molecule has 0 bridgehead atoms. The minimum atomic E-state index is -0.970. The number of rotatable bonds is 4. The third-order valence-electron chi connectivity index (χ3n) is 1.78. The van der Waals surface area contributed by atoms with Crippen molar-refractivity contribution in [2.45, 2.75) is 6.92 Å². The third-order valence-corrected chi connectivity index (χ3v) is 1.78. The van der Waals surface area contributed by atoms with E-state index in [0.29, 0.717) is 0 Å². The second-order valence-corrected chi connectivity index (χ2v) is 3.02. The fraction of sp³-hybridized carbons (Fsp3) is 0.300. The van der Waals surface area contributed by atoms with E-state index in [1.54, 1.807) is 0 Å². The SMILES string of the molecule is CC(CO)C(=O)C(=O)Oc1ccncc1. The summed E-state index contributed by atoms with van der Waals surface area (Å²) < 4.78 is 4.76. The fourth-order valence-corrected chi connectivity index (χ4v) is 0.848. The van der Waals surface area contributed by atoms with Crippen LogP contribution in [0, 0.1) is 5.92 Å². The Hall–Kier alpha value is -1.75. The topological polar surface area (TPSA) is 76.5 Å². The second kappa shape index (κ2) is 5.21. The van der Waals surface area contributed by atoms with Crippen LogP contribution in [0.1, 0.15) is 6.92 Å². The van der Waals surface area contributed by atoms with Crippen LogP contribution < -0.4 is 4.74 Å². The monoisotopic (exact) mass is 209 g/mol. The van der Waals surface area contributed by atoms with E-state index in [1.165, 1.54) is 31.5 Å². The average Bonchev–Trinajstić information content (AvgIpc) is 2.28. The predicted octanol–water partition coefficient (Wildman–Crippen LogP) is 0.184. The van der Waals surface area contributed by atoms with Gasteiger partial charge in [-0.3, -0.25) is 9.78 Å². The minimum absolute atomic E-state index is 0.258. The van der Waals surface area contributed by atoms with Crippen LogP contribution in [0.5, 0.6) is 5.75 Å². The molecule has 0 fully saturated rings. The largest absolute Gasteiger partial charge is 0.421 e. The summed E-state index contributed by atoms with van der Waals surface area (Å²) in [7, 11) is 0. The third kappa shape index (κ3) is 3.14. The van der Waals surface area contributed by atoms with Crippen LogP contribution in [0.25, 0.3) is 0 Å². The van der Waals surface area contributed by atoms with Crippen LogP contribution in [0.4, 0.5) is 0 Å². The van der Waals surface area contributed by atoms with Crippen LogP contribution in [0.15, 0.2) is 24.5 Å². The van der Waals surface area contributed by atoms with Crippen molar-refractivity contribution in [2.75, 3.05) is 6.61 Å². The van der Waals surface area contributed by atoms with Gasteiger partial charge in [0.25, 0.3) is 0 Å². The van der Waals surface area contributed by atoms with Gasteiger partial charge in [-0.15, -0.1) is 0 Å². The van der Waals surface area contributed by atoms with Gasteiger partial charge in [-0.05, 0) is 12.1 Å². The van der Waals surface area contributed by atoms with Crippen LogP contribution in [0.2, 0.25) is 0 Å². The molecule has 0 amide bonds. The molecule has 1 atom stereocenters. The fourth-order valence-electron chi connectivity index (χ4n) is 0.848. The Labute approximate surface area is 86.7 Å². The van der Waals surface area contributed by atoms with Crippen molar-refractivity contribution in [3.8, 4) is 5.75 Å². The van der Waals surface area contributed by atoms with Gasteiger partial charge in [0.1, 0.15) is 5.75 Å². The first-order valence-electron chi connectivity index (χ1n) is 4.42. The molecule has 0 aliphatic heterocycles. The first-order chi connectivity index (χ1) is 7.15. The first kappa shape index (κ1) is 11.3. The van der Waals surface area contributed by atoms with Crippen molar-refractivity contribution in [3.05, 3.63) is 24.5 Å². The maximum Gasteiger partial charge on any atom is 0.380 e. The molecule has 1 heterocycles. The lowest BCUT2D eigenvalue weighted by Crippen LogP contribution is -2.28. The number of aliphatic hydroxyl groups is 1. The van der Waals surface area contributed by atoms with Gasteiger partial charge in [0.05, 0.1) is 6.61 Å². The molecule has 5 nitrogen and oxygen atoms in total. The summed E-state index contributed by atoms with van der Waals surface area (Å²) in [5.74, 6) is -2.19. The number of hydrogen-bond donors (Lipinski definition) is 1. The molecule has 1 rings (SSSR count). The van der Waals surface area contributed by atoms with E-state index in [1.807, 2.05) is 0 Å². The molecule has 0 saturated heterocycles. The van der Waals surface area contributed by atoms with Gasteiger partial charge in [-0.1, -0.05) is 6.92 Å². The lowest BCUT2D eigenvalue weighted by atomic mass is 10.1. The number of esters is 1. The summed E-state index contributed by atoms with van der Waals surface area (Å²) in [6, 6.07) is 2.93. The Kier molecular flexibility index (Phi) is 3.93. The number of Topliss-reactive ketones (excluding diaryl/α,β-unsaturated/α-hetero) is 1. The summed E-state index contributed by atoms with van der Waals surface area (Å²) in [5, 5.41) is 8.68. The molecule has 0 spiro atoms. The highest BCUT2D eigenvalue weighted by atomic mass is 16.5. The molecule has 15 heavy (non-hydrogen) atoms. The van der Waals surface area contributed by atoms with Crippen LogP contribution in [-0.4, -0.2) is 28.4 Å². The normalized spacial score (nSPS) is 11.9. The lowest BCUT2D eigenvalue weighted by molar-refractivity contribution is -0.149. The smallest absolute Gasteiger partial charge is 0.380 e. The van der Waals surface area contributed by atoms with Crippen molar-refractivity contribution in [1.82, 2.24) is 4.98 Å². The number of aromatic nitrogens is 1. The molecule has 0 radical (unpaired) electrons. The van der Waals surface area contributed by atoms with Gasteiger partial charge < -0.3 is 9.84 Å². The van der Waals surface area contributed by atoms with Gasteiger partial charge in [0, 0.05) is 18.3 Å². The number of pyridine rings is 1. The molecule has 0 aliphatic rings. The van der Waals surface area contributed by atoms with Gasteiger partial charge in [0.2, 0.25) is 5.78 Å². The summed E-state index contributed by atoms with van der Waals surface area (Å²) in [6.45, 7) is 1.08. The highest BCUT2D eigenvalue weighted by Crippen LogP contribution is 2.08. The van der Waals surface area contributed by atoms with E-state index in [-0.39, 0.29) is 12.4 Å². The minimum Gasteiger partial charge on any atom is -0.421 e. The number of ether oxygens (including phenoxy) is 1. The molecular formula is C10H11NO4. The van der Waals surface area contributed by atoms with E-state index in [9.17, 15) is 9.59 Å². The Morgan fingerprint density at radius 1 is 1.47 bits per heavy atom. The average molecular weight is 209 g/mol. The Morgan fingerprint density at radius 3 is 2.60 bits per heavy atom. The van der Waals surface area contributed by atoms with Crippen molar-refractivity contribution in [2.24, 2.45) is 5.92 Å². The second-order valence-electron chi connectivity index (χ2n) is 3.02. The maximum atomic E-state index is 11.2. The Bertz CT molecular complexity index is 350. The quantitative estimate of drug-likeness (QED) is 0.565. The Morgan fingerprint density at radius 2 is 2.07 bits per heavy atom. The van der Waals surface area contributed by atoms with Crippen molar-refractivity contribution in [3.63, 3.8) is 0 Å². The predicted molar refractivity (Wildman–Crippen MR) is 51.1 cm³/mol. The van der Waals surface area contributed by atoms with Crippen molar-refractivity contribution < 1.29 is 19.4 Å². The maximum absolute atomic E-state index is 11.2. The number of carbonyl (C=O) groups excluding carboxylic acids is 2. The lowest BCUT2D eigenvalue weighted by Gasteiger charge is -2.06.